The number of hydrogen-bond acceptors (Lipinski definition) is 12. The second kappa shape index (κ2) is 28.8. The Labute approximate surface area is 382 Å². The van der Waals surface area contributed by atoms with Crippen LogP contribution in [0.4, 0.5) is 0 Å². The lowest BCUT2D eigenvalue weighted by Crippen LogP contribution is -2.60. The predicted molar refractivity (Wildman–Crippen MR) is 238 cm³/mol. The zero-order valence-electron chi connectivity index (χ0n) is 37.2. The molecule has 66 heavy (non-hydrogen) atoms. The Balaban J connectivity index is 2.26. The normalized spacial score (nSPS) is 14.5. The van der Waals surface area contributed by atoms with Crippen molar-refractivity contribution < 1.29 is 63.3 Å². The number of carbonyl (C=O) groups excluding carboxylic acids is 7. The summed E-state index contributed by atoms with van der Waals surface area (Å²) in [5.41, 5.74) is 12.4. The average molecular weight is 926 g/mol. The summed E-state index contributed by atoms with van der Waals surface area (Å²) in [6.07, 6.45) is -0.373. The molecule has 0 radical (unpaired) electrons. The second-order valence-corrected chi connectivity index (χ2v) is 15.8. The van der Waals surface area contributed by atoms with E-state index in [-0.39, 0.29) is 25.7 Å². The summed E-state index contributed by atoms with van der Waals surface area (Å²) in [7, 11) is 0. The number of unbranched alkanes of at least 4 members (excludes halogenated alkanes) is 1. The van der Waals surface area contributed by atoms with Crippen molar-refractivity contribution in [3.05, 3.63) is 71.8 Å². The van der Waals surface area contributed by atoms with Gasteiger partial charge in [-0.05, 0) is 56.2 Å². The van der Waals surface area contributed by atoms with Crippen molar-refractivity contribution in [3.8, 4) is 0 Å². The van der Waals surface area contributed by atoms with Crippen LogP contribution in [0.5, 0.6) is 0 Å². The van der Waals surface area contributed by atoms with Crippen molar-refractivity contribution in [2.24, 2.45) is 17.4 Å². The summed E-state index contributed by atoms with van der Waals surface area (Å²) in [5.74, 6) is -10.8. The molecule has 8 atom stereocenters. The molecule has 0 aliphatic heterocycles. The molecule has 0 heterocycles. The van der Waals surface area contributed by atoms with Crippen molar-refractivity contribution >= 4 is 59.3 Å². The Morgan fingerprint density at radius 3 is 1.59 bits per heavy atom. The smallest absolute Gasteiger partial charge is 0.326 e. The highest BCUT2D eigenvalue weighted by atomic mass is 16.4. The molecule has 22 heteroatoms. The molecular weight excluding hydrogens is 863 g/mol. The minimum Gasteiger partial charge on any atom is -0.481 e. The largest absolute Gasteiger partial charge is 0.481 e. The van der Waals surface area contributed by atoms with E-state index in [9.17, 15) is 58.2 Å². The van der Waals surface area contributed by atoms with Gasteiger partial charge in [-0.2, -0.15) is 0 Å². The van der Waals surface area contributed by atoms with Crippen LogP contribution >= 0.6 is 0 Å². The van der Waals surface area contributed by atoms with E-state index in [1.165, 1.54) is 6.92 Å². The summed E-state index contributed by atoms with van der Waals surface area (Å²) < 4.78 is 0. The number of amides is 7. The Morgan fingerprint density at radius 2 is 1.09 bits per heavy atom. The van der Waals surface area contributed by atoms with Crippen molar-refractivity contribution in [2.75, 3.05) is 13.1 Å². The van der Waals surface area contributed by atoms with Crippen LogP contribution in [-0.4, -0.2) is 130 Å². The molecule has 0 fully saturated rings. The topological polar surface area (TPSA) is 368 Å². The monoisotopic (exact) mass is 925 g/mol. The van der Waals surface area contributed by atoms with E-state index in [1.807, 2.05) is 0 Å². The van der Waals surface area contributed by atoms with Gasteiger partial charge in [0.05, 0.1) is 19.0 Å². The molecule has 0 aliphatic carbocycles. The van der Waals surface area contributed by atoms with E-state index in [2.05, 4.69) is 37.2 Å². The lowest BCUT2D eigenvalue weighted by molar-refractivity contribution is -0.143. The molecule has 2 aromatic carbocycles. The third-order valence-corrected chi connectivity index (χ3v) is 10.4. The summed E-state index contributed by atoms with van der Waals surface area (Å²) in [5, 5.41) is 45.4. The van der Waals surface area contributed by atoms with Gasteiger partial charge in [-0.1, -0.05) is 80.9 Å². The molecule has 2 rings (SSSR count). The quantitative estimate of drug-likeness (QED) is 0.0395. The van der Waals surface area contributed by atoms with Gasteiger partial charge in [0.2, 0.25) is 41.4 Å². The SMILES string of the molecule is CC[C@H](C)[C@H](NC(=O)[C@H](CC(=O)O)NC(=O)[C@H](Cc1ccccc1)NC(=O)CNC(=O)[C@@H](N)CCC(=O)O)C(=O)N[C@@H](C)C(=O)N[C@@H](Cc1ccccc1)C(=O)N[C@@H](CCCCN)C(=O)O. The first-order valence-electron chi connectivity index (χ1n) is 21.5. The highest BCUT2D eigenvalue weighted by molar-refractivity contribution is 5.98. The van der Waals surface area contributed by atoms with Crippen LogP contribution < -0.4 is 48.7 Å². The molecule has 22 nitrogen and oxygen atoms in total. The third-order valence-electron chi connectivity index (χ3n) is 10.4. The van der Waals surface area contributed by atoms with E-state index >= 15 is 0 Å². The minimum absolute atomic E-state index is 0.0339. The van der Waals surface area contributed by atoms with Crippen LogP contribution in [0.2, 0.25) is 0 Å². The van der Waals surface area contributed by atoms with Crippen molar-refractivity contribution in [1.29, 1.82) is 0 Å². The van der Waals surface area contributed by atoms with Gasteiger partial charge in [0.15, 0.2) is 0 Å². The van der Waals surface area contributed by atoms with E-state index in [1.54, 1.807) is 74.5 Å². The minimum atomic E-state index is -1.79. The molecule has 362 valence electrons. The lowest BCUT2D eigenvalue weighted by Gasteiger charge is -2.28. The second-order valence-electron chi connectivity index (χ2n) is 15.8. The Hall–Kier alpha value is -6.94. The molecule has 0 aromatic heterocycles. The molecule has 14 N–H and O–H groups in total. The Kier molecular flexibility index (Phi) is 24.1. The third kappa shape index (κ3) is 20.3. The Bertz CT molecular complexity index is 1970. The number of hydrogen-bond donors (Lipinski definition) is 12. The van der Waals surface area contributed by atoms with Crippen LogP contribution in [0.1, 0.15) is 76.8 Å². The average Bonchev–Trinajstić information content (AvgIpc) is 3.27. The van der Waals surface area contributed by atoms with Gasteiger partial charge >= 0.3 is 17.9 Å². The first kappa shape index (κ1) is 55.2. The number of nitrogens with two attached hydrogens (primary N) is 2. The number of carboxylic acids is 3. The van der Waals surface area contributed by atoms with E-state index in [0.29, 0.717) is 36.9 Å². The maximum Gasteiger partial charge on any atom is 0.326 e. The van der Waals surface area contributed by atoms with E-state index < -0.39 is 127 Å². The molecule has 0 unspecified atom stereocenters. The van der Waals surface area contributed by atoms with E-state index in [0.717, 1.165) is 0 Å². The standard InChI is InChI=1S/C44H63N9O13/c1-4-25(2)37(43(64)48-26(3)38(59)51-32(22-28-15-9-6-10-16-28)41(62)50-30(44(65)66)17-11-12-20-45)53-42(63)33(23-36(57)58)52-40(61)31(21-27-13-7-5-8-14-27)49-34(54)24-47-39(60)29(46)18-19-35(55)56/h5-10,13-16,25-26,29-33,37H,4,11-12,17-24,45-46H2,1-3H3,(H,47,60)(H,48,64)(H,49,54)(H,50,62)(H,51,59)(H,52,61)(H,53,63)(H,55,56)(H,57,58)(H,65,66)/t25-,26-,29-,30-,31-,32-,33-,37-/m0/s1. The predicted octanol–water partition coefficient (Wildman–Crippen LogP) is -1.56. The van der Waals surface area contributed by atoms with Crippen LogP contribution in [-0.2, 0) is 60.8 Å². The maximum atomic E-state index is 13.8. The Morgan fingerprint density at radius 1 is 0.576 bits per heavy atom. The molecule has 0 bridgehead atoms. The number of nitrogens with one attached hydrogen (secondary N) is 7. The van der Waals surface area contributed by atoms with E-state index in [4.69, 9.17) is 16.6 Å². The number of benzene rings is 2. The van der Waals surface area contributed by atoms with Crippen LogP contribution in [0.25, 0.3) is 0 Å². The fraction of sp³-hybridized carbons (Fsp3) is 0.500. The number of carboxylic acid groups (broad SMARTS) is 3. The van der Waals surface area contributed by atoms with Gasteiger partial charge in [-0.25, -0.2) is 4.79 Å². The highest BCUT2D eigenvalue weighted by Crippen LogP contribution is 2.12. The van der Waals surface area contributed by atoms with Gasteiger partial charge in [0, 0.05) is 19.3 Å². The fourth-order valence-corrected chi connectivity index (χ4v) is 6.37. The summed E-state index contributed by atoms with van der Waals surface area (Å²) >= 11 is 0. The molecule has 0 aliphatic rings. The summed E-state index contributed by atoms with van der Waals surface area (Å²) in [6, 6.07) is 7.24. The zero-order chi connectivity index (χ0) is 49.3. The number of rotatable bonds is 30. The molecular formula is C44H63N9O13. The lowest BCUT2D eigenvalue weighted by atomic mass is 9.97. The van der Waals surface area contributed by atoms with Gasteiger partial charge < -0.3 is 64.0 Å². The van der Waals surface area contributed by atoms with Crippen molar-refractivity contribution in [2.45, 2.75) is 121 Å². The first-order chi connectivity index (χ1) is 31.2. The molecule has 0 saturated carbocycles. The van der Waals surface area contributed by atoms with Gasteiger partial charge in [0.1, 0.15) is 36.3 Å². The zero-order valence-corrected chi connectivity index (χ0v) is 37.2. The number of aliphatic carboxylic acids is 3. The molecule has 0 saturated heterocycles. The summed E-state index contributed by atoms with van der Waals surface area (Å²) in [4.78, 5) is 128. The fourth-order valence-electron chi connectivity index (χ4n) is 6.37. The summed E-state index contributed by atoms with van der Waals surface area (Å²) in [6.45, 7) is 4.30. The van der Waals surface area contributed by atoms with Gasteiger partial charge in [0.25, 0.3) is 0 Å². The molecule has 2 aromatic rings. The maximum absolute atomic E-state index is 13.8. The molecule has 7 amide bonds. The van der Waals surface area contributed by atoms with Gasteiger partial charge in [-0.15, -0.1) is 0 Å². The van der Waals surface area contributed by atoms with Crippen molar-refractivity contribution in [3.63, 3.8) is 0 Å². The highest BCUT2D eigenvalue weighted by Gasteiger charge is 2.35. The van der Waals surface area contributed by atoms with Crippen molar-refractivity contribution in [1.82, 2.24) is 37.2 Å². The van der Waals surface area contributed by atoms with Crippen LogP contribution in [0.3, 0.4) is 0 Å². The number of carbonyl (C=O) groups is 10. The van der Waals surface area contributed by atoms with Gasteiger partial charge in [-0.3, -0.25) is 43.2 Å². The molecule has 0 spiro atoms. The van der Waals surface area contributed by atoms with Crippen LogP contribution in [0, 0.1) is 5.92 Å². The van der Waals surface area contributed by atoms with Crippen LogP contribution in [0.15, 0.2) is 60.7 Å². The first-order valence-corrected chi connectivity index (χ1v) is 21.5.